The zero-order valence-electron chi connectivity index (χ0n) is 10.6. The number of nitrogens with one attached hydrogen (secondary N) is 1. The van der Waals surface area contributed by atoms with Gasteiger partial charge in [0.25, 0.3) is 0 Å². The third-order valence-corrected chi connectivity index (χ3v) is 4.03. The van der Waals surface area contributed by atoms with Gasteiger partial charge >= 0.3 is 0 Å². The predicted molar refractivity (Wildman–Crippen MR) is 74.4 cm³/mol. The summed E-state index contributed by atoms with van der Waals surface area (Å²) in [5, 5.41) is 4.47. The van der Waals surface area contributed by atoms with Gasteiger partial charge in [0.2, 0.25) is 0 Å². The van der Waals surface area contributed by atoms with E-state index in [1.807, 2.05) is 12.1 Å². The normalized spacial score (nSPS) is 19.2. The standard InChI is InChI=1S/C15H22ClN/c1-2-17-15(12-6-4-3-5-7-12)13-8-10-14(16)11-9-13/h8-12,15,17H,2-7H2,1H3. The molecule has 0 aliphatic heterocycles. The Morgan fingerprint density at radius 2 is 1.82 bits per heavy atom. The third-order valence-electron chi connectivity index (χ3n) is 3.77. The van der Waals surface area contributed by atoms with E-state index in [9.17, 15) is 0 Å². The molecule has 2 rings (SSSR count). The molecule has 1 aromatic carbocycles. The Labute approximate surface area is 110 Å². The summed E-state index contributed by atoms with van der Waals surface area (Å²) in [6.45, 7) is 3.22. The summed E-state index contributed by atoms with van der Waals surface area (Å²) in [5.41, 5.74) is 1.39. The first-order valence-corrected chi connectivity index (χ1v) is 7.18. The van der Waals surface area contributed by atoms with Crippen molar-refractivity contribution in [3.05, 3.63) is 34.9 Å². The van der Waals surface area contributed by atoms with Gasteiger partial charge < -0.3 is 5.32 Å². The maximum Gasteiger partial charge on any atom is 0.0406 e. The van der Waals surface area contributed by atoms with Crippen molar-refractivity contribution in [3.63, 3.8) is 0 Å². The van der Waals surface area contributed by atoms with Gasteiger partial charge in [0.15, 0.2) is 0 Å². The van der Waals surface area contributed by atoms with Gasteiger partial charge in [-0.3, -0.25) is 0 Å². The maximum atomic E-state index is 5.96. The molecule has 17 heavy (non-hydrogen) atoms. The molecule has 1 unspecified atom stereocenters. The minimum absolute atomic E-state index is 0.512. The predicted octanol–water partition coefficient (Wildman–Crippen LogP) is 4.57. The average molecular weight is 252 g/mol. The van der Waals surface area contributed by atoms with Crippen LogP contribution in [0, 0.1) is 5.92 Å². The average Bonchev–Trinajstić information content (AvgIpc) is 2.38. The van der Waals surface area contributed by atoms with Crippen LogP contribution in [0.4, 0.5) is 0 Å². The van der Waals surface area contributed by atoms with Crippen LogP contribution in [0.2, 0.25) is 5.02 Å². The van der Waals surface area contributed by atoms with Crippen molar-refractivity contribution >= 4 is 11.6 Å². The lowest BCUT2D eigenvalue weighted by Gasteiger charge is -2.31. The van der Waals surface area contributed by atoms with Gasteiger partial charge in [0.05, 0.1) is 0 Å². The molecule has 1 aliphatic rings. The topological polar surface area (TPSA) is 12.0 Å². The highest BCUT2D eigenvalue weighted by atomic mass is 35.5. The van der Waals surface area contributed by atoms with Gasteiger partial charge in [0.1, 0.15) is 0 Å². The van der Waals surface area contributed by atoms with Crippen molar-refractivity contribution in [1.82, 2.24) is 5.32 Å². The molecule has 2 heteroatoms. The lowest BCUT2D eigenvalue weighted by atomic mass is 9.81. The number of hydrogen-bond acceptors (Lipinski definition) is 1. The molecule has 1 N–H and O–H groups in total. The van der Waals surface area contributed by atoms with Crippen molar-refractivity contribution in [3.8, 4) is 0 Å². The van der Waals surface area contributed by atoms with Crippen molar-refractivity contribution < 1.29 is 0 Å². The minimum atomic E-state index is 0.512. The smallest absolute Gasteiger partial charge is 0.0406 e. The summed E-state index contributed by atoms with van der Waals surface area (Å²) in [6, 6.07) is 8.86. The minimum Gasteiger partial charge on any atom is -0.310 e. The molecule has 0 radical (unpaired) electrons. The van der Waals surface area contributed by atoms with Crippen LogP contribution in [0.5, 0.6) is 0 Å². The van der Waals surface area contributed by atoms with Gasteiger partial charge in [0, 0.05) is 11.1 Å². The summed E-state index contributed by atoms with van der Waals surface area (Å²) < 4.78 is 0. The highest BCUT2D eigenvalue weighted by Gasteiger charge is 2.23. The monoisotopic (exact) mass is 251 g/mol. The molecule has 94 valence electrons. The fourth-order valence-electron chi connectivity index (χ4n) is 2.91. The van der Waals surface area contributed by atoms with Crippen LogP contribution in [-0.4, -0.2) is 6.54 Å². The van der Waals surface area contributed by atoms with Gasteiger partial charge in [-0.15, -0.1) is 0 Å². The van der Waals surface area contributed by atoms with Crippen LogP contribution in [0.15, 0.2) is 24.3 Å². The molecule has 1 atom stereocenters. The molecule has 0 spiro atoms. The highest BCUT2D eigenvalue weighted by molar-refractivity contribution is 6.30. The Hall–Kier alpha value is -0.530. The van der Waals surface area contributed by atoms with Gasteiger partial charge in [-0.25, -0.2) is 0 Å². The lowest BCUT2D eigenvalue weighted by molar-refractivity contribution is 0.274. The molecule has 1 nitrogen and oxygen atoms in total. The van der Waals surface area contributed by atoms with Crippen LogP contribution < -0.4 is 5.32 Å². The second-order valence-corrected chi connectivity index (χ2v) is 5.42. The van der Waals surface area contributed by atoms with Crippen molar-refractivity contribution in [2.24, 2.45) is 5.92 Å². The fraction of sp³-hybridized carbons (Fsp3) is 0.600. The maximum absolute atomic E-state index is 5.96. The molecule has 1 fully saturated rings. The second-order valence-electron chi connectivity index (χ2n) is 4.98. The van der Waals surface area contributed by atoms with Crippen LogP contribution in [0.3, 0.4) is 0 Å². The molecule has 1 aliphatic carbocycles. The Morgan fingerprint density at radius 3 is 2.41 bits per heavy atom. The SMILES string of the molecule is CCNC(c1ccc(Cl)cc1)C1CCCCC1. The van der Waals surface area contributed by atoms with E-state index in [0.29, 0.717) is 6.04 Å². The van der Waals surface area contributed by atoms with Crippen LogP contribution in [0.25, 0.3) is 0 Å². The van der Waals surface area contributed by atoms with E-state index in [-0.39, 0.29) is 0 Å². The molecule has 0 heterocycles. The molecule has 0 aromatic heterocycles. The molecule has 1 saturated carbocycles. The van der Waals surface area contributed by atoms with Gasteiger partial charge in [-0.05, 0) is 43.0 Å². The summed E-state index contributed by atoms with van der Waals surface area (Å²) in [4.78, 5) is 0. The van der Waals surface area contributed by atoms with E-state index in [0.717, 1.165) is 17.5 Å². The molecular formula is C15H22ClN. The molecule has 0 amide bonds. The first-order chi connectivity index (χ1) is 8.31. The Balaban J connectivity index is 2.12. The first-order valence-electron chi connectivity index (χ1n) is 6.80. The molecule has 0 saturated heterocycles. The lowest BCUT2D eigenvalue weighted by Crippen LogP contribution is -2.29. The van der Waals surface area contributed by atoms with Crippen LogP contribution in [0.1, 0.15) is 50.6 Å². The Morgan fingerprint density at radius 1 is 1.18 bits per heavy atom. The van der Waals surface area contributed by atoms with Gasteiger partial charge in [-0.1, -0.05) is 49.9 Å². The molecule has 0 bridgehead atoms. The molecule has 1 aromatic rings. The fourth-order valence-corrected chi connectivity index (χ4v) is 3.04. The first kappa shape index (κ1) is 12.9. The zero-order chi connectivity index (χ0) is 12.1. The quantitative estimate of drug-likeness (QED) is 0.827. The number of rotatable bonds is 4. The summed E-state index contributed by atoms with van der Waals surface area (Å²) in [5.74, 6) is 0.796. The van der Waals surface area contributed by atoms with E-state index in [4.69, 9.17) is 11.6 Å². The van der Waals surface area contributed by atoms with Gasteiger partial charge in [-0.2, -0.15) is 0 Å². The van der Waals surface area contributed by atoms with E-state index in [1.54, 1.807) is 0 Å². The Bertz CT molecular complexity index is 327. The van der Waals surface area contributed by atoms with Crippen molar-refractivity contribution in [1.29, 1.82) is 0 Å². The van der Waals surface area contributed by atoms with Crippen LogP contribution >= 0.6 is 11.6 Å². The zero-order valence-corrected chi connectivity index (χ0v) is 11.3. The second kappa shape index (κ2) is 6.42. The summed E-state index contributed by atoms with van der Waals surface area (Å²) in [7, 11) is 0. The number of hydrogen-bond donors (Lipinski definition) is 1. The third kappa shape index (κ3) is 3.46. The van der Waals surface area contributed by atoms with E-state index < -0.39 is 0 Å². The number of halogens is 1. The summed E-state index contributed by atoms with van der Waals surface area (Å²) in [6.07, 6.45) is 6.91. The molecular weight excluding hydrogens is 230 g/mol. The summed E-state index contributed by atoms with van der Waals surface area (Å²) >= 11 is 5.96. The van der Waals surface area contributed by atoms with E-state index in [1.165, 1.54) is 37.7 Å². The van der Waals surface area contributed by atoms with Crippen LogP contribution in [-0.2, 0) is 0 Å². The van der Waals surface area contributed by atoms with E-state index in [2.05, 4.69) is 24.4 Å². The Kier molecular flexibility index (Phi) is 4.87. The largest absolute Gasteiger partial charge is 0.310 e. The number of benzene rings is 1. The van der Waals surface area contributed by atoms with Crippen molar-refractivity contribution in [2.75, 3.05) is 6.54 Å². The van der Waals surface area contributed by atoms with Crippen molar-refractivity contribution in [2.45, 2.75) is 45.1 Å². The van der Waals surface area contributed by atoms with E-state index >= 15 is 0 Å². The highest BCUT2D eigenvalue weighted by Crippen LogP contribution is 2.34.